The van der Waals surface area contributed by atoms with Crippen LogP contribution in [-0.4, -0.2) is 16.3 Å². The van der Waals surface area contributed by atoms with Gasteiger partial charge in [-0.05, 0) is 30.5 Å². The zero-order valence-corrected chi connectivity index (χ0v) is 11.4. The van der Waals surface area contributed by atoms with E-state index in [9.17, 15) is 0 Å². The summed E-state index contributed by atoms with van der Waals surface area (Å²) in [6.07, 6.45) is 0.983. The summed E-state index contributed by atoms with van der Waals surface area (Å²) in [5.74, 6) is 0. The van der Waals surface area contributed by atoms with E-state index in [0.29, 0.717) is 0 Å². The lowest BCUT2D eigenvalue weighted by Crippen LogP contribution is -2.23. The number of thiophene rings is 1. The van der Waals surface area contributed by atoms with Crippen LogP contribution in [0.25, 0.3) is 0 Å². The van der Waals surface area contributed by atoms with Crippen molar-refractivity contribution in [3.63, 3.8) is 0 Å². The Hall–Kier alpha value is -1.13. The zero-order valence-electron chi connectivity index (χ0n) is 10.6. The van der Waals surface area contributed by atoms with E-state index >= 15 is 0 Å². The van der Waals surface area contributed by atoms with Crippen molar-refractivity contribution in [1.29, 1.82) is 0 Å². The first kappa shape index (κ1) is 12.3. The fraction of sp³-hybridized carbons (Fsp3) is 0.462. The summed E-state index contributed by atoms with van der Waals surface area (Å²) < 4.78 is 1.99. The lowest BCUT2D eigenvalue weighted by molar-refractivity contribution is 0.578. The minimum absolute atomic E-state index is 0.262. The molecule has 3 nitrogen and oxygen atoms in total. The van der Waals surface area contributed by atoms with Crippen LogP contribution in [0.3, 0.4) is 0 Å². The van der Waals surface area contributed by atoms with Gasteiger partial charge in [0.2, 0.25) is 0 Å². The van der Waals surface area contributed by atoms with E-state index in [1.54, 1.807) is 11.3 Å². The van der Waals surface area contributed by atoms with Crippen LogP contribution in [-0.2, 0) is 13.5 Å². The quantitative estimate of drug-likeness (QED) is 0.883. The second-order valence-electron chi connectivity index (χ2n) is 4.04. The van der Waals surface area contributed by atoms with Gasteiger partial charge in [0, 0.05) is 11.9 Å². The van der Waals surface area contributed by atoms with E-state index in [-0.39, 0.29) is 6.04 Å². The third-order valence-electron chi connectivity index (χ3n) is 2.86. The second-order valence-corrected chi connectivity index (χ2v) is 5.02. The molecule has 0 aliphatic heterocycles. The SMILES string of the molecule is CCNC(c1cccs1)c1cc(CC)nn1C. The summed E-state index contributed by atoms with van der Waals surface area (Å²) in [6, 6.07) is 6.74. The second kappa shape index (κ2) is 5.47. The average Bonchev–Trinajstić information content (AvgIpc) is 2.95. The molecule has 0 saturated carbocycles. The van der Waals surface area contributed by atoms with Crippen molar-refractivity contribution in [2.45, 2.75) is 26.3 Å². The van der Waals surface area contributed by atoms with Crippen molar-refractivity contribution in [2.75, 3.05) is 6.54 Å². The summed E-state index contributed by atoms with van der Waals surface area (Å²) in [6.45, 7) is 5.23. The summed E-state index contributed by atoms with van der Waals surface area (Å²) in [5, 5.41) is 10.2. The molecule has 1 unspecified atom stereocenters. The van der Waals surface area contributed by atoms with Crippen molar-refractivity contribution in [3.05, 3.63) is 39.8 Å². The number of aryl methyl sites for hydroxylation is 2. The van der Waals surface area contributed by atoms with Gasteiger partial charge in [0.1, 0.15) is 0 Å². The van der Waals surface area contributed by atoms with E-state index < -0.39 is 0 Å². The van der Waals surface area contributed by atoms with Gasteiger partial charge >= 0.3 is 0 Å². The van der Waals surface area contributed by atoms with Crippen LogP contribution in [0, 0.1) is 0 Å². The van der Waals surface area contributed by atoms with Gasteiger partial charge < -0.3 is 5.32 Å². The smallest absolute Gasteiger partial charge is 0.0841 e. The van der Waals surface area contributed by atoms with Crippen molar-refractivity contribution >= 4 is 11.3 Å². The molecule has 0 spiro atoms. The van der Waals surface area contributed by atoms with Gasteiger partial charge in [-0.25, -0.2) is 0 Å². The van der Waals surface area contributed by atoms with Crippen LogP contribution >= 0.6 is 11.3 Å². The number of aromatic nitrogens is 2. The molecule has 0 aliphatic carbocycles. The Morgan fingerprint density at radius 2 is 2.29 bits per heavy atom. The zero-order chi connectivity index (χ0) is 12.3. The maximum Gasteiger partial charge on any atom is 0.0841 e. The molecule has 2 rings (SSSR count). The molecule has 0 saturated heterocycles. The van der Waals surface area contributed by atoms with Crippen molar-refractivity contribution in [3.8, 4) is 0 Å². The highest BCUT2D eigenvalue weighted by molar-refractivity contribution is 7.10. The van der Waals surface area contributed by atoms with Crippen molar-refractivity contribution in [2.24, 2.45) is 7.05 Å². The highest BCUT2D eigenvalue weighted by Crippen LogP contribution is 2.26. The predicted octanol–water partition coefficient (Wildman–Crippen LogP) is 2.74. The summed E-state index contributed by atoms with van der Waals surface area (Å²) in [4.78, 5) is 1.34. The highest BCUT2D eigenvalue weighted by Gasteiger charge is 2.18. The van der Waals surface area contributed by atoms with Gasteiger partial charge in [0.05, 0.1) is 17.4 Å². The Balaban J connectivity index is 2.35. The molecular formula is C13H19N3S. The largest absolute Gasteiger partial charge is 0.305 e. The topological polar surface area (TPSA) is 29.9 Å². The van der Waals surface area contributed by atoms with Gasteiger partial charge in [0.25, 0.3) is 0 Å². The molecule has 17 heavy (non-hydrogen) atoms. The van der Waals surface area contributed by atoms with E-state index in [1.807, 2.05) is 11.7 Å². The van der Waals surface area contributed by atoms with E-state index in [0.717, 1.165) is 18.7 Å². The Morgan fingerprint density at radius 1 is 1.47 bits per heavy atom. The molecule has 0 aromatic carbocycles. The number of nitrogens with one attached hydrogen (secondary N) is 1. The van der Waals surface area contributed by atoms with Crippen LogP contribution in [0.5, 0.6) is 0 Å². The van der Waals surface area contributed by atoms with Gasteiger partial charge in [-0.3, -0.25) is 4.68 Å². The normalized spacial score (nSPS) is 12.9. The van der Waals surface area contributed by atoms with Crippen LogP contribution in [0.2, 0.25) is 0 Å². The first-order valence-corrected chi connectivity index (χ1v) is 6.93. The van der Waals surface area contributed by atoms with Gasteiger partial charge in [-0.15, -0.1) is 11.3 Å². The summed E-state index contributed by atoms with van der Waals surface area (Å²) in [7, 11) is 2.02. The number of hydrogen-bond donors (Lipinski definition) is 1. The first-order chi connectivity index (χ1) is 8.26. The molecule has 1 N–H and O–H groups in total. The molecule has 0 bridgehead atoms. The van der Waals surface area contributed by atoms with Crippen LogP contribution in [0.1, 0.15) is 36.2 Å². The van der Waals surface area contributed by atoms with E-state index in [4.69, 9.17) is 0 Å². The Bertz CT molecular complexity index is 459. The van der Waals surface area contributed by atoms with Crippen molar-refractivity contribution < 1.29 is 0 Å². The molecule has 0 radical (unpaired) electrons. The van der Waals surface area contributed by atoms with Crippen LogP contribution in [0.15, 0.2) is 23.6 Å². The molecule has 2 aromatic heterocycles. The fourth-order valence-electron chi connectivity index (χ4n) is 2.00. The first-order valence-electron chi connectivity index (χ1n) is 6.05. The minimum Gasteiger partial charge on any atom is -0.305 e. The molecule has 0 aliphatic rings. The fourth-order valence-corrected chi connectivity index (χ4v) is 2.81. The number of nitrogens with zero attached hydrogens (tertiary/aromatic N) is 2. The molecule has 0 amide bonds. The minimum atomic E-state index is 0.262. The third-order valence-corrected chi connectivity index (χ3v) is 3.80. The van der Waals surface area contributed by atoms with Crippen LogP contribution < -0.4 is 5.32 Å². The standard InChI is InChI=1S/C13H19N3S/c1-4-10-9-11(16(3)15-10)13(14-5-2)12-7-6-8-17-12/h6-9,13-14H,4-5H2,1-3H3. The van der Waals surface area contributed by atoms with Gasteiger partial charge in [-0.2, -0.15) is 5.10 Å². The third kappa shape index (κ3) is 2.58. The number of rotatable bonds is 5. The lowest BCUT2D eigenvalue weighted by atomic mass is 10.1. The Labute approximate surface area is 106 Å². The molecule has 1 atom stereocenters. The van der Waals surface area contributed by atoms with Crippen LogP contribution in [0.4, 0.5) is 0 Å². The predicted molar refractivity (Wildman–Crippen MR) is 72.4 cm³/mol. The highest BCUT2D eigenvalue weighted by atomic mass is 32.1. The Kier molecular flexibility index (Phi) is 3.97. The molecule has 2 aromatic rings. The molecular weight excluding hydrogens is 230 g/mol. The maximum atomic E-state index is 4.52. The van der Waals surface area contributed by atoms with Gasteiger partial charge in [0.15, 0.2) is 0 Å². The number of hydrogen-bond acceptors (Lipinski definition) is 3. The van der Waals surface area contributed by atoms with E-state index in [1.165, 1.54) is 10.6 Å². The molecule has 92 valence electrons. The summed E-state index contributed by atoms with van der Waals surface area (Å²) >= 11 is 1.79. The molecule has 2 heterocycles. The molecule has 4 heteroatoms. The summed E-state index contributed by atoms with van der Waals surface area (Å²) in [5.41, 5.74) is 2.40. The average molecular weight is 249 g/mol. The maximum absolute atomic E-state index is 4.52. The molecule has 0 fully saturated rings. The van der Waals surface area contributed by atoms with E-state index in [2.05, 4.69) is 47.8 Å². The lowest BCUT2D eigenvalue weighted by Gasteiger charge is -2.16. The monoisotopic (exact) mass is 249 g/mol. The van der Waals surface area contributed by atoms with Gasteiger partial charge in [-0.1, -0.05) is 19.9 Å². The Morgan fingerprint density at radius 3 is 2.82 bits per heavy atom. The van der Waals surface area contributed by atoms with Crippen molar-refractivity contribution in [1.82, 2.24) is 15.1 Å².